The van der Waals surface area contributed by atoms with Crippen LogP contribution in [0, 0.1) is 11.3 Å². The molecule has 0 aliphatic heterocycles. The van der Waals surface area contributed by atoms with Gasteiger partial charge in [0.1, 0.15) is 24.2 Å². The maximum Gasteiger partial charge on any atom is 0.289 e. The number of rotatable bonds is 6. The van der Waals surface area contributed by atoms with E-state index in [2.05, 4.69) is 6.07 Å². The third-order valence-corrected chi connectivity index (χ3v) is 4.83. The summed E-state index contributed by atoms with van der Waals surface area (Å²) in [7, 11) is 1.71. The van der Waals surface area contributed by atoms with E-state index >= 15 is 0 Å². The maximum absolute atomic E-state index is 12.5. The van der Waals surface area contributed by atoms with E-state index in [1.165, 1.54) is 11.3 Å². The molecule has 3 rings (SSSR count). The molecule has 1 aromatic carbocycles. The van der Waals surface area contributed by atoms with Crippen molar-refractivity contribution >= 4 is 28.8 Å². The van der Waals surface area contributed by atoms with E-state index in [-0.39, 0.29) is 18.3 Å². The van der Waals surface area contributed by atoms with Crippen LogP contribution in [0.2, 0.25) is 4.34 Å². The lowest BCUT2D eigenvalue weighted by Crippen LogP contribution is -2.25. The minimum atomic E-state index is -0.224. The Morgan fingerprint density at radius 2 is 2.08 bits per heavy atom. The summed E-state index contributed by atoms with van der Waals surface area (Å²) in [5.41, 5.74) is 0.449. The van der Waals surface area contributed by atoms with Crippen LogP contribution in [-0.2, 0) is 13.2 Å². The first-order valence-electron chi connectivity index (χ1n) is 7.77. The van der Waals surface area contributed by atoms with E-state index in [1.807, 2.05) is 6.07 Å². The van der Waals surface area contributed by atoms with Gasteiger partial charge in [0.2, 0.25) is 0 Å². The Hall–Kier alpha value is -2.75. The van der Waals surface area contributed by atoms with Crippen LogP contribution < -0.4 is 4.74 Å². The number of benzene rings is 1. The summed E-state index contributed by atoms with van der Waals surface area (Å²) >= 11 is 7.35. The lowest BCUT2D eigenvalue weighted by molar-refractivity contribution is 0.0750. The summed E-state index contributed by atoms with van der Waals surface area (Å²) < 4.78 is 11.9. The zero-order valence-electron chi connectivity index (χ0n) is 13.9. The quantitative estimate of drug-likeness (QED) is 0.614. The number of carbonyl (C=O) groups is 1. The smallest absolute Gasteiger partial charge is 0.289 e. The molecule has 5 nitrogen and oxygen atoms in total. The van der Waals surface area contributed by atoms with Gasteiger partial charge in [0.05, 0.1) is 16.4 Å². The number of amides is 1. The number of furan rings is 1. The van der Waals surface area contributed by atoms with Crippen molar-refractivity contribution in [3.05, 3.63) is 74.8 Å². The van der Waals surface area contributed by atoms with Crippen molar-refractivity contribution < 1.29 is 13.9 Å². The van der Waals surface area contributed by atoms with Gasteiger partial charge in [-0.2, -0.15) is 5.26 Å². The zero-order chi connectivity index (χ0) is 18.5. The normalized spacial score (nSPS) is 10.3. The number of nitriles is 1. The molecule has 0 spiro atoms. The average Bonchev–Trinajstić information content (AvgIpc) is 3.28. The molecule has 26 heavy (non-hydrogen) atoms. The molecular formula is C19H15ClN2O3S. The topological polar surface area (TPSA) is 66.5 Å². The second-order valence-electron chi connectivity index (χ2n) is 5.53. The minimum absolute atomic E-state index is 0.135. The fraction of sp³-hybridized carbons (Fsp3) is 0.158. The average molecular weight is 387 g/mol. The summed E-state index contributed by atoms with van der Waals surface area (Å²) in [6.45, 7) is 0.592. The Bertz CT molecular complexity index is 958. The van der Waals surface area contributed by atoms with E-state index in [0.29, 0.717) is 28.0 Å². The summed E-state index contributed by atoms with van der Waals surface area (Å²) in [6.07, 6.45) is 0. The second-order valence-corrected chi connectivity index (χ2v) is 7.33. The Morgan fingerprint density at radius 1 is 1.27 bits per heavy atom. The molecule has 3 aromatic rings. The predicted molar refractivity (Wildman–Crippen MR) is 99.3 cm³/mol. The molecule has 0 atom stereocenters. The van der Waals surface area contributed by atoms with Gasteiger partial charge >= 0.3 is 0 Å². The van der Waals surface area contributed by atoms with Gasteiger partial charge < -0.3 is 14.1 Å². The Kier molecular flexibility index (Phi) is 5.61. The lowest BCUT2D eigenvalue weighted by atomic mass is 10.2. The van der Waals surface area contributed by atoms with Crippen molar-refractivity contribution in [1.82, 2.24) is 4.90 Å². The van der Waals surface area contributed by atoms with Crippen molar-refractivity contribution in [2.24, 2.45) is 0 Å². The van der Waals surface area contributed by atoms with Gasteiger partial charge in [0.15, 0.2) is 5.76 Å². The third-order valence-electron chi connectivity index (χ3n) is 3.62. The van der Waals surface area contributed by atoms with Crippen molar-refractivity contribution in [2.75, 3.05) is 7.05 Å². The summed E-state index contributed by atoms with van der Waals surface area (Å²) in [5, 5.41) is 9.07. The van der Waals surface area contributed by atoms with E-state index in [0.717, 1.165) is 4.88 Å². The van der Waals surface area contributed by atoms with Crippen LogP contribution in [0.3, 0.4) is 0 Å². The molecule has 0 aliphatic carbocycles. The number of carbonyl (C=O) groups excluding carboxylic acids is 1. The highest BCUT2D eigenvalue weighted by atomic mass is 35.5. The fourth-order valence-corrected chi connectivity index (χ4v) is 3.48. The Balaban J connectivity index is 1.61. The molecule has 7 heteroatoms. The van der Waals surface area contributed by atoms with E-state index in [9.17, 15) is 4.79 Å². The van der Waals surface area contributed by atoms with Crippen molar-refractivity contribution in [1.29, 1.82) is 5.26 Å². The molecule has 0 unspecified atom stereocenters. The summed E-state index contributed by atoms with van der Waals surface area (Å²) in [6, 6.07) is 16.0. The first-order valence-corrected chi connectivity index (χ1v) is 8.96. The van der Waals surface area contributed by atoms with E-state index < -0.39 is 0 Å². The standard InChI is InChI=1S/C19H15ClN2O3S/c1-22(11-15-7-9-18(20)26-15)19(23)17-8-6-14(25-17)12-24-16-5-3-2-4-13(16)10-21/h2-9H,11-12H2,1H3. The summed E-state index contributed by atoms with van der Waals surface area (Å²) in [5.74, 6) is 1.00. The highest BCUT2D eigenvalue weighted by Crippen LogP contribution is 2.23. The number of hydrogen-bond donors (Lipinski definition) is 0. The number of halogens is 1. The SMILES string of the molecule is CN(Cc1ccc(Cl)s1)C(=O)c1ccc(COc2ccccc2C#N)o1. The molecular weight excluding hydrogens is 372 g/mol. The van der Waals surface area contributed by atoms with Crippen LogP contribution in [-0.4, -0.2) is 17.9 Å². The molecule has 1 amide bonds. The fourth-order valence-electron chi connectivity index (χ4n) is 2.33. The molecule has 2 aromatic heterocycles. The first-order chi connectivity index (χ1) is 12.6. The van der Waals surface area contributed by atoms with Crippen LogP contribution in [0.25, 0.3) is 0 Å². The number of hydrogen-bond acceptors (Lipinski definition) is 5. The first kappa shape index (κ1) is 18.1. The minimum Gasteiger partial charge on any atom is -0.484 e. The van der Waals surface area contributed by atoms with Crippen LogP contribution >= 0.6 is 22.9 Å². The van der Waals surface area contributed by atoms with Gasteiger partial charge in [-0.3, -0.25) is 4.79 Å². The van der Waals surface area contributed by atoms with Crippen molar-refractivity contribution in [3.63, 3.8) is 0 Å². The molecule has 0 N–H and O–H groups in total. The third kappa shape index (κ3) is 4.26. The highest BCUT2D eigenvalue weighted by Gasteiger charge is 2.17. The van der Waals surface area contributed by atoms with Crippen molar-refractivity contribution in [2.45, 2.75) is 13.2 Å². The van der Waals surface area contributed by atoms with Crippen LogP contribution in [0.5, 0.6) is 5.75 Å². The molecule has 0 saturated heterocycles. The second kappa shape index (κ2) is 8.09. The van der Waals surface area contributed by atoms with Gasteiger partial charge in [-0.25, -0.2) is 0 Å². The molecule has 0 aliphatic rings. The highest BCUT2D eigenvalue weighted by molar-refractivity contribution is 7.16. The predicted octanol–water partition coefficient (Wildman–Crippen LogP) is 4.72. The van der Waals surface area contributed by atoms with Crippen LogP contribution in [0.4, 0.5) is 0 Å². The van der Waals surface area contributed by atoms with E-state index in [4.69, 9.17) is 26.0 Å². The van der Waals surface area contributed by atoms with Gasteiger partial charge in [-0.05, 0) is 36.4 Å². The number of ether oxygens (including phenoxy) is 1. The zero-order valence-corrected chi connectivity index (χ0v) is 15.5. The number of nitrogens with zero attached hydrogens (tertiary/aromatic N) is 2. The Labute approximate surface area is 160 Å². The number of para-hydroxylation sites is 1. The van der Waals surface area contributed by atoms with E-state index in [1.54, 1.807) is 54.4 Å². The van der Waals surface area contributed by atoms with Gasteiger partial charge in [0.25, 0.3) is 5.91 Å². The molecule has 0 saturated carbocycles. The summed E-state index contributed by atoms with van der Waals surface area (Å²) in [4.78, 5) is 15.0. The largest absolute Gasteiger partial charge is 0.484 e. The maximum atomic E-state index is 12.5. The molecule has 132 valence electrons. The van der Waals surface area contributed by atoms with Gasteiger partial charge in [-0.15, -0.1) is 11.3 Å². The van der Waals surface area contributed by atoms with Crippen LogP contribution in [0.1, 0.15) is 26.8 Å². The lowest BCUT2D eigenvalue weighted by Gasteiger charge is -2.14. The molecule has 0 fully saturated rings. The molecule has 0 bridgehead atoms. The molecule has 2 heterocycles. The molecule has 0 radical (unpaired) electrons. The van der Waals surface area contributed by atoms with Gasteiger partial charge in [0, 0.05) is 11.9 Å². The number of thiophene rings is 1. The monoisotopic (exact) mass is 386 g/mol. The Morgan fingerprint density at radius 3 is 2.81 bits per heavy atom. The van der Waals surface area contributed by atoms with Crippen LogP contribution in [0.15, 0.2) is 52.9 Å². The van der Waals surface area contributed by atoms with Gasteiger partial charge in [-0.1, -0.05) is 23.7 Å². The van der Waals surface area contributed by atoms with Crippen molar-refractivity contribution in [3.8, 4) is 11.8 Å².